The van der Waals surface area contributed by atoms with Gasteiger partial charge in [0.25, 0.3) is 0 Å². The van der Waals surface area contributed by atoms with Gasteiger partial charge in [0.1, 0.15) is 11.8 Å². The first kappa shape index (κ1) is 22.6. The van der Waals surface area contributed by atoms with Crippen molar-refractivity contribution in [2.24, 2.45) is 0 Å². The third-order valence-corrected chi connectivity index (χ3v) is 8.85. The second kappa shape index (κ2) is 9.52. The van der Waals surface area contributed by atoms with E-state index in [0.29, 0.717) is 12.2 Å². The zero-order valence-corrected chi connectivity index (χ0v) is 19.6. The number of ether oxygens (including phenoxy) is 2. The van der Waals surface area contributed by atoms with Crippen LogP contribution in [0, 0.1) is 0 Å². The fourth-order valence-electron chi connectivity index (χ4n) is 3.90. The van der Waals surface area contributed by atoms with Gasteiger partial charge in [-0.1, -0.05) is 42.5 Å². The summed E-state index contributed by atoms with van der Waals surface area (Å²) >= 11 is 1.65. The number of benzene rings is 3. The highest BCUT2D eigenvalue weighted by molar-refractivity contribution is 7.99. The van der Waals surface area contributed by atoms with E-state index in [-0.39, 0.29) is 16.7 Å². The molecule has 32 heavy (non-hydrogen) atoms. The number of carbonyl (C=O) groups excluding carboxylic acids is 1. The monoisotopic (exact) mass is 471 g/mol. The molecule has 2 atom stereocenters. The first-order valence-corrected chi connectivity index (χ1v) is 12.7. The topological polar surface area (TPSA) is 72.9 Å². The smallest absolute Gasteiger partial charge is 0.324 e. The van der Waals surface area contributed by atoms with Crippen molar-refractivity contribution in [1.29, 1.82) is 0 Å². The fraction of sp³-hybridized carbons (Fsp3) is 0.292. The van der Waals surface area contributed by atoms with Gasteiger partial charge in [0, 0.05) is 17.5 Å². The molecule has 0 radical (unpaired) electrons. The normalized spacial score (nSPS) is 19.2. The molecule has 8 heteroatoms. The Morgan fingerprint density at radius 2 is 1.75 bits per heavy atom. The molecular weight excluding hydrogens is 446 g/mol. The predicted octanol–water partition coefficient (Wildman–Crippen LogP) is 4.09. The number of carbonyl (C=O) groups is 1. The van der Waals surface area contributed by atoms with Gasteiger partial charge in [0.15, 0.2) is 0 Å². The van der Waals surface area contributed by atoms with Crippen LogP contribution >= 0.6 is 11.8 Å². The second-order valence-electron chi connectivity index (χ2n) is 7.64. The molecule has 0 aromatic heterocycles. The van der Waals surface area contributed by atoms with Crippen molar-refractivity contribution in [2.75, 3.05) is 20.8 Å². The lowest BCUT2D eigenvalue weighted by atomic mass is 10.1. The van der Waals surface area contributed by atoms with Crippen molar-refractivity contribution in [1.82, 2.24) is 4.31 Å². The summed E-state index contributed by atoms with van der Waals surface area (Å²) in [5.74, 6) is 0.979. The van der Waals surface area contributed by atoms with E-state index >= 15 is 0 Å². The van der Waals surface area contributed by atoms with Gasteiger partial charge >= 0.3 is 5.97 Å². The molecule has 3 aromatic carbocycles. The minimum atomic E-state index is -3.86. The van der Waals surface area contributed by atoms with Crippen molar-refractivity contribution in [3.05, 3.63) is 72.3 Å². The average molecular weight is 472 g/mol. The molecule has 1 heterocycles. The summed E-state index contributed by atoms with van der Waals surface area (Å²) in [6, 6.07) is 19.6. The number of methoxy groups -OCH3 is 2. The Labute approximate surface area is 192 Å². The van der Waals surface area contributed by atoms with Gasteiger partial charge < -0.3 is 9.47 Å². The van der Waals surface area contributed by atoms with E-state index in [1.54, 1.807) is 37.1 Å². The number of nitrogens with zero attached hydrogens (tertiary/aromatic N) is 1. The maximum absolute atomic E-state index is 13.5. The molecule has 1 aliphatic heterocycles. The first-order chi connectivity index (χ1) is 15.4. The average Bonchev–Trinajstić information content (AvgIpc) is 3.27. The van der Waals surface area contributed by atoms with Gasteiger partial charge in [0.05, 0.1) is 19.1 Å². The highest BCUT2D eigenvalue weighted by Gasteiger charge is 2.44. The summed E-state index contributed by atoms with van der Waals surface area (Å²) in [6.45, 7) is 0.260. The summed E-state index contributed by atoms with van der Waals surface area (Å²) in [4.78, 5) is 12.6. The van der Waals surface area contributed by atoms with Crippen molar-refractivity contribution in [3.8, 4) is 5.75 Å². The van der Waals surface area contributed by atoms with Crippen LogP contribution in [-0.4, -0.2) is 50.7 Å². The van der Waals surface area contributed by atoms with Crippen molar-refractivity contribution in [2.45, 2.75) is 28.4 Å². The number of hydrogen-bond donors (Lipinski definition) is 0. The van der Waals surface area contributed by atoms with Gasteiger partial charge in [-0.05, 0) is 47.0 Å². The highest BCUT2D eigenvalue weighted by Crippen LogP contribution is 2.35. The molecule has 6 nitrogen and oxygen atoms in total. The molecule has 4 rings (SSSR count). The molecular formula is C24H25NO5S2. The van der Waals surface area contributed by atoms with E-state index in [1.807, 2.05) is 48.5 Å². The fourth-order valence-corrected chi connectivity index (χ4v) is 6.87. The standard InChI is InChI=1S/C24H25NO5S2/c1-29-20-10-7-17(8-11-20)16-31-21-14-23(24(26)30-2)25(15-21)32(27,28)22-12-9-18-5-3-4-6-19(18)13-22/h3-13,21,23H,14-16H2,1-2H3/t21-,23?/m1/s1. The minimum absolute atomic E-state index is 0.0172. The molecule has 3 aromatic rings. The Morgan fingerprint density at radius 1 is 1.03 bits per heavy atom. The third-order valence-electron chi connectivity index (χ3n) is 5.66. The summed E-state index contributed by atoms with van der Waals surface area (Å²) in [7, 11) is -0.939. The highest BCUT2D eigenvalue weighted by atomic mass is 32.2. The summed E-state index contributed by atoms with van der Waals surface area (Å²) in [5.41, 5.74) is 1.11. The Hall–Kier alpha value is -2.55. The zero-order valence-electron chi connectivity index (χ0n) is 17.9. The van der Waals surface area contributed by atoms with Gasteiger partial charge in [-0.15, -0.1) is 0 Å². The van der Waals surface area contributed by atoms with Crippen LogP contribution in [0.1, 0.15) is 12.0 Å². The van der Waals surface area contributed by atoms with Gasteiger partial charge in [0.2, 0.25) is 10.0 Å². The lowest BCUT2D eigenvalue weighted by molar-refractivity contribution is -0.144. The zero-order chi connectivity index (χ0) is 22.7. The maximum Gasteiger partial charge on any atom is 0.324 e. The van der Waals surface area contributed by atoms with E-state index in [4.69, 9.17) is 9.47 Å². The molecule has 1 saturated heterocycles. The number of esters is 1. The predicted molar refractivity (Wildman–Crippen MR) is 126 cm³/mol. The molecule has 0 amide bonds. The summed E-state index contributed by atoms with van der Waals surface area (Å²) < 4.78 is 38.4. The van der Waals surface area contributed by atoms with Gasteiger partial charge in [-0.2, -0.15) is 16.1 Å². The lowest BCUT2D eigenvalue weighted by Gasteiger charge is -2.22. The molecule has 0 spiro atoms. The second-order valence-corrected chi connectivity index (χ2v) is 10.8. The van der Waals surface area contributed by atoms with Crippen LogP contribution in [0.25, 0.3) is 10.8 Å². The van der Waals surface area contributed by atoms with Crippen LogP contribution in [0.2, 0.25) is 0 Å². The Kier molecular flexibility index (Phi) is 6.74. The number of hydrogen-bond acceptors (Lipinski definition) is 6. The minimum Gasteiger partial charge on any atom is -0.497 e. The molecule has 0 saturated carbocycles. The molecule has 0 N–H and O–H groups in total. The van der Waals surface area contributed by atoms with Gasteiger partial charge in [-0.25, -0.2) is 8.42 Å². The number of rotatable bonds is 7. The van der Waals surface area contributed by atoms with Crippen LogP contribution in [0.4, 0.5) is 0 Å². The number of fused-ring (bicyclic) bond motifs is 1. The number of sulfonamides is 1. The summed E-state index contributed by atoms with van der Waals surface area (Å²) in [5, 5.41) is 1.79. The Balaban J connectivity index is 1.55. The maximum atomic E-state index is 13.5. The van der Waals surface area contributed by atoms with E-state index in [9.17, 15) is 13.2 Å². The third kappa shape index (κ3) is 4.62. The number of thioether (sulfide) groups is 1. The van der Waals surface area contributed by atoms with Crippen molar-refractivity contribution < 1.29 is 22.7 Å². The van der Waals surface area contributed by atoms with E-state index in [1.165, 1.54) is 11.4 Å². The van der Waals surface area contributed by atoms with Crippen LogP contribution < -0.4 is 4.74 Å². The molecule has 0 aliphatic carbocycles. The molecule has 1 aliphatic rings. The molecule has 0 bridgehead atoms. The van der Waals surface area contributed by atoms with Gasteiger partial charge in [-0.3, -0.25) is 4.79 Å². The van der Waals surface area contributed by atoms with Crippen LogP contribution in [0.15, 0.2) is 71.6 Å². The van der Waals surface area contributed by atoms with E-state index in [2.05, 4.69) is 0 Å². The Morgan fingerprint density at radius 3 is 2.44 bits per heavy atom. The van der Waals surface area contributed by atoms with E-state index in [0.717, 1.165) is 22.1 Å². The van der Waals surface area contributed by atoms with E-state index < -0.39 is 22.0 Å². The SMILES string of the molecule is COC(=O)C1C[C@@H](SCc2ccc(OC)cc2)CN1S(=O)(=O)c1ccc2ccccc2c1. The Bertz CT molecular complexity index is 1210. The van der Waals surface area contributed by atoms with Crippen molar-refractivity contribution >= 4 is 38.5 Å². The molecule has 1 unspecified atom stereocenters. The largest absolute Gasteiger partial charge is 0.497 e. The van der Waals surface area contributed by atoms with Crippen LogP contribution in [0.3, 0.4) is 0 Å². The van der Waals surface area contributed by atoms with Crippen LogP contribution in [0.5, 0.6) is 5.75 Å². The summed E-state index contributed by atoms with van der Waals surface area (Å²) in [6.07, 6.45) is 0.417. The molecule has 1 fully saturated rings. The van der Waals surface area contributed by atoms with Crippen LogP contribution in [-0.2, 0) is 25.3 Å². The quantitative estimate of drug-likeness (QED) is 0.484. The molecule has 168 valence electrons. The first-order valence-electron chi connectivity index (χ1n) is 10.3. The van der Waals surface area contributed by atoms with Crippen molar-refractivity contribution in [3.63, 3.8) is 0 Å². The lowest BCUT2D eigenvalue weighted by Crippen LogP contribution is -2.41.